The van der Waals surface area contributed by atoms with E-state index in [2.05, 4.69) is 0 Å². The molecule has 4 unspecified atom stereocenters. The molecule has 54 valence electrons. The van der Waals surface area contributed by atoms with Crippen LogP contribution >= 0.6 is 0 Å². The molecule has 0 aliphatic heterocycles. The van der Waals surface area contributed by atoms with E-state index in [0.717, 1.165) is 0 Å². The van der Waals surface area contributed by atoms with Crippen LogP contribution in [0.4, 0.5) is 0 Å². The highest BCUT2D eigenvalue weighted by Crippen LogP contribution is 2.74. The average Bonchev–Trinajstić information content (AvgIpc) is 1.95. The Balaban J connectivity index is 1.80. The Kier molecular flexibility index (Phi) is 0.570. The van der Waals surface area contributed by atoms with Gasteiger partial charge in [-0.05, 0) is 61.2 Å². The summed E-state index contributed by atoms with van der Waals surface area (Å²) in [6, 6.07) is 0. The van der Waals surface area contributed by atoms with Crippen molar-refractivity contribution in [3.63, 3.8) is 0 Å². The summed E-state index contributed by atoms with van der Waals surface area (Å²) in [5.74, 6) is 7.51. The molecule has 0 heterocycles. The monoisotopic (exact) mass is 134 g/mol. The lowest BCUT2D eigenvalue weighted by molar-refractivity contribution is -0.0484. The molecule has 4 aliphatic carbocycles. The molecule has 0 nitrogen and oxygen atoms in total. The Morgan fingerprint density at radius 3 is 1.70 bits per heavy atom. The Hall–Kier alpha value is 0. The zero-order valence-corrected chi connectivity index (χ0v) is 6.29. The molecule has 4 aliphatic rings. The van der Waals surface area contributed by atoms with Crippen molar-refractivity contribution in [1.29, 1.82) is 0 Å². The van der Waals surface area contributed by atoms with Crippen LogP contribution in [0.2, 0.25) is 0 Å². The molecule has 0 radical (unpaired) electrons. The molecule has 0 amide bonds. The van der Waals surface area contributed by atoms with Crippen LogP contribution in [0.15, 0.2) is 0 Å². The van der Waals surface area contributed by atoms with E-state index in [0.29, 0.717) is 0 Å². The second-order valence-electron chi connectivity index (χ2n) is 5.04. The fraction of sp³-hybridized carbons (Fsp3) is 1.00. The number of hydrogen-bond donors (Lipinski definition) is 0. The minimum atomic E-state index is 1.24. The van der Waals surface area contributed by atoms with E-state index < -0.39 is 0 Å². The molecule has 4 fully saturated rings. The van der Waals surface area contributed by atoms with Crippen molar-refractivity contribution >= 4 is 0 Å². The van der Waals surface area contributed by atoms with Gasteiger partial charge in [-0.15, -0.1) is 0 Å². The van der Waals surface area contributed by atoms with Crippen LogP contribution in [-0.2, 0) is 0 Å². The zero-order chi connectivity index (χ0) is 6.29. The molecule has 10 heavy (non-hydrogen) atoms. The van der Waals surface area contributed by atoms with Crippen LogP contribution in [0.1, 0.15) is 25.7 Å². The Labute approximate surface area is 62.0 Å². The van der Waals surface area contributed by atoms with Crippen LogP contribution in [0, 0.1) is 35.5 Å². The molecule has 0 N–H and O–H groups in total. The second-order valence-corrected chi connectivity index (χ2v) is 5.04. The van der Waals surface area contributed by atoms with Gasteiger partial charge in [-0.3, -0.25) is 0 Å². The minimum Gasteiger partial charge on any atom is -0.0496 e. The van der Waals surface area contributed by atoms with Crippen molar-refractivity contribution in [3.8, 4) is 0 Å². The van der Waals surface area contributed by atoms with E-state index in [-0.39, 0.29) is 0 Å². The van der Waals surface area contributed by atoms with Gasteiger partial charge < -0.3 is 0 Å². The molecular formula is C10H14. The first-order valence-corrected chi connectivity index (χ1v) is 4.95. The quantitative estimate of drug-likeness (QED) is 0.477. The summed E-state index contributed by atoms with van der Waals surface area (Å²) in [6.45, 7) is 0. The molecule has 0 bridgehead atoms. The van der Waals surface area contributed by atoms with Crippen molar-refractivity contribution in [2.75, 3.05) is 0 Å². The highest BCUT2D eigenvalue weighted by atomic mass is 14.7. The standard InChI is InChI=1S/C10H14/c1-2-7-6(1)8-3-5-4-9(7)10(5)8/h5-10H,1-4H2. The molecular weight excluding hydrogens is 120 g/mol. The lowest BCUT2D eigenvalue weighted by Gasteiger charge is -2.53. The molecule has 0 heteroatoms. The number of rotatable bonds is 0. The van der Waals surface area contributed by atoms with Gasteiger partial charge in [0.1, 0.15) is 0 Å². The number of fused-ring (bicyclic) bond motifs is 3. The SMILES string of the molecule is C1CC2C1C1CC3CC2C31. The van der Waals surface area contributed by atoms with Gasteiger partial charge in [-0.25, -0.2) is 0 Å². The van der Waals surface area contributed by atoms with E-state index in [4.69, 9.17) is 0 Å². The fourth-order valence-electron chi connectivity index (χ4n) is 4.58. The molecule has 4 rings (SSSR count). The van der Waals surface area contributed by atoms with Crippen LogP contribution in [0.5, 0.6) is 0 Å². The Morgan fingerprint density at radius 2 is 1.30 bits per heavy atom. The van der Waals surface area contributed by atoms with Gasteiger partial charge >= 0.3 is 0 Å². The van der Waals surface area contributed by atoms with Crippen molar-refractivity contribution in [2.24, 2.45) is 35.5 Å². The number of hydrogen-bond acceptors (Lipinski definition) is 0. The molecule has 0 aromatic rings. The predicted octanol–water partition coefficient (Wildman–Crippen LogP) is 2.30. The van der Waals surface area contributed by atoms with Crippen molar-refractivity contribution in [1.82, 2.24) is 0 Å². The lowest BCUT2D eigenvalue weighted by Crippen LogP contribution is -2.47. The molecule has 0 saturated heterocycles. The smallest absolute Gasteiger partial charge is 0.0323 e. The second kappa shape index (κ2) is 1.19. The van der Waals surface area contributed by atoms with E-state index in [1.807, 2.05) is 0 Å². The van der Waals surface area contributed by atoms with Crippen molar-refractivity contribution < 1.29 is 0 Å². The third-order valence-electron chi connectivity index (χ3n) is 5.17. The summed E-state index contributed by atoms with van der Waals surface area (Å²) in [5, 5.41) is 0. The first kappa shape index (κ1) is 4.79. The van der Waals surface area contributed by atoms with Gasteiger partial charge in [-0.1, -0.05) is 0 Å². The summed E-state index contributed by atoms with van der Waals surface area (Å²) < 4.78 is 0. The maximum absolute atomic E-state index is 1.64. The first-order valence-electron chi connectivity index (χ1n) is 4.95. The minimum absolute atomic E-state index is 1.24. The predicted molar refractivity (Wildman–Crippen MR) is 39.4 cm³/mol. The third kappa shape index (κ3) is 0.286. The van der Waals surface area contributed by atoms with Gasteiger partial charge in [0.2, 0.25) is 0 Å². The van der Waals surface area contributed by atoms with Crippen LogP contribution in [0.25, 0.3) is 0 Å². The van der Waals surface area contributed by atoms with E-state index in [1.54, 1.807) is 25.7 Å². The average molecular weight is 134 g/mol. The molecule has 0 aromatic heterocycles. The highest BCUT2D eigenvalue weighted by molar-refractivity contribution is 5.15. The molecule has 0 aromatic carbocycles. The van der Waals surface area contributed by atoms with Crippen LogP contribution in [0.3, 0.4) is 0 Å². The zero-order valence-electron chi connectivity index (χ0n) is 6.29. The van der Waals surface area contributed by atoms with E-state index in [1.165, 1.54) is 35.5 Å². The maximum atomic E-state index is 1.64. The van der Waals surface area contributed by atoms with Crippen LogP contribution < -0.4 is 0 Å². The van der Waals surface area contributed by atoms with Crippen LogP contribution in [-0.4, -0.2) is 0 Å². The molecule has 0 spiro atoms. The van der Waals surface area contributed by atoms with Gasteiger partial charge in [0, 0.05) is 0 Å². The van der Waals surface area contributed by atoms with Gasteiger partial charge in [0.05, 0.1) is 0 Å². The Bertz CT molecular complexity index is 161. The summed E-state index contributed by atoms with van der Waals surface area (Å²) in [4.78, 5) is 0. The lowest BCUT2D eigenvalue weighted by atomic mass is 9.51. The molecule has 4 atom stereocenters. The van der Waals surface area contributed by atoms with Crippen molar-refractivity contribution in [2.45, 2.75) is 25.7 Å². The highest BCUT2D eigenvalue weighted by Gasteiger charge is 2.67. The van der Waals surface area contributed by atoms with E-state index in [9.17, 15) is 0 Å². The molecule has 4 saturated carbocycles. The third-order valence-corrected chi connectivity index (χ3v) is 5.17. The maximum Gasteiger partial charge on any atom is -0.0323 e. The normalized spacial score (nSPS) is 74.4. The Morgan fingerprint density at radius 1 is 0.700 bits per heavy atom. The van der Waals surface area contributed by atoms with Crippen molar-refractivity contribution in [3.05, 3.63) is 0 Å². The fourth-order valence-corrected chi connectivity index (χ4v) is 4.58. The largest absolute Gasteiger partial charge is 0.0496 e. The summed E-state index contributed by atoms with van der Waals surface area (Å²) >= 11 is 0. The van der Waals surface area contributed by atoms with E-state index >= 15 is 0 Å². The summed E-state index contributed by atoms with van der Waals surface area (Å²) in [6.07, 6.45) is 6.49. The summed E-state index contributed by atoms with van der Waals surface area (Å²) in [7, 11) is 0. The summed E-state index contributed by atoms with van der Waals surface area (Å²) in [5.41, 5.74) is 0. The van der Waals surface area contributed by atoms with Gasteiger partial charge in [0.25, 0.3) is 0 Å². The van der Waals surface area contributed by atoms with Gasteiger partial charge in [0.15, 0.2) is 0 Å². The van der Waals surface area contributed by atoms with Gasteiger partial charge in [-0.2, -0.15) is 0 Å². The first-order chi connectivity index (χ1) is 4.95. The topological polar surface area (TPSA) is 0 Å².